The molecule has 0 aromatic heterocycles. The normalized spacial score (nSPS) is 23.8. The van der Waals surface area contributed by atoms with E-state index in [4.69, 9.17) is 0 Å². The smallest absolute Gasteiger partial charge is 0.325 e. The van der Waals surface area contributed by atoms with Gasteiger partial charge in [0.1, 0.15) is 6.04 Å². The van der Waals surface area contributed by atoms with Crippen LogP contribution in [0.2, 0.25) is 0 Å². The molecule has 0 radical (unpaired) electrons. The van der Waals surface area contributed by atoms with Crippen molar-refractivity contribution in [2.24, 2.45) is 0 Å². The molecule has 0 saturated heterocycles. The zero-order valence-electron chi connectivity index (χ0n) is 9.73. The van der Waals surface area contributed by atoms with Crippen LogP contribution in [0.4, 0.5) is 0 Å². The molecule has 1 aromatic carbocycles. The Morgan fingerprint density at radius 3 is 2.28 bits per heavy atom. The molecule has 1 aromatic rings. The highest BCUT2D eigenvalue weighted by Crippen LogP contribution is 2.15. The van der Waals surface area contributed by atoms with Crippen molar-refractivity contribution >= 4 is 5.97 Å². The summed E-state index contributed by atoms with van der Waals surface area (Å²) in [5, 5.41) is 21.5. The van der Waals surface area contributed by atoms with Gasteiger partial charge in [-0.15, -0.1) is 0 Å². The van der Waals surface area contributed by atoms with E-state index >= 15 is 0 Å². The summed E-state index contributed by atoms with van der Waals surface area (Å²) >= 11 is 0. The predicted octanol–water partition coefficient (Wildman–Crippen LogP) is 1.26. The molecule has 1 aliphatic rings. The molecule has 94 valence electrons. The Labute approximate surface area is 105 Å². The van der Waals surface area contributed by atoms with Crippen LogP contribution >= 0.6 is 0 Å². The molecule has 4 heteroatoms. The van der Waals surface area contributed by atoms with Crippen molar-refractivity contribution in [3.05, 3.63) is 60.2 Å². The fourth-order valence-corrected chi connectivity index (χ4v) is 1.85. The summed E-state index contributed by atoms with van der Waals surface area (Å²) in [5.41, 5.74) is 0.706. The number of nitrogens with one attached hydrogen (secondary N) is 1. The third kappa shape index (κ3) is 3.06. The van der Waals surface area contributed by atoms with Gasteiger partial charge in [0, 0.05) is 6.04 Å². The van der Waals surface area contributed by atoms with Crippen LogP contribution in [0, 0.1) is 0 Å². The summed E-state index contributed by atoms with van der Waals surface area (Å²) in [5.74, 6) is -0.922. The highest BCUT2D eigenvalue weighted by Gasteiger charge is 2.21. The summed E-state index contributed by atoms with van der Waals surface area (Å²) in [6.07, 6.45) is 6.18. The molecular formula is C14H15NO3. The lowest BCUT2D eigenvalue weighted by molar-refractivity contribution is -0.139. The number of aliphatic hydroxyl groups excluding tert-OH is 1. The Hall–Kier alpha value is -1.91. The lowest BCUT2D eigenvalue weighted by Gasteiger charge is -2.21. The maximum absolute atomic E-state index is 11.3. The van der Waals surface area contributed by atoms with Crippen LogP contribution in [0.5, 0.6) is 0 Å². The quantitative estimate of drug-likeness (QED) is 0.698. The second-order valence-electron chi connectivity index (χ2n) is 4.13. The first kappa shape index (κ1) is 12.5. The van der Waals surface area contributed by atoms with Crippen molar-refractivity contribution in [2.45, 2.75) is 18.2 Å². The Bertz CT molecular complexity index is 453. The first-order valence-corrected chi connectivity index (χ1v) is 5.75. The molecule has 1 atom stereocenters. The summed E-state index contributed by atoms with van der Waals surface area (Å²) in [6, 6.07) is 8.06. The van der Waals surface area contributed by atoms with Gasteiger partial charge in [-0.1, -0.05) is 54.6 Å². The molecule has 0 saturated carbocycles. The Morgan fingerprint density at radius 1 is 1.11 bits per heavy atom. The van der Waals surface area contributed by atoms with Crippen LogP contribution in [0.3, 0.4) is 0 Å². The number of hydrogen-bond donors (Lipinski definition) is 3. The number of rotatable bonds is 4. The standard InChI is InChI=1S/C14H15NO3/c16-12-8-6-11(7-9-12)15-13(14(17)18)10-4-2-1-3-5-10/h1-9,11-13,15-16H,(H,17,18). The summed E-state index contributed by atoms with van der Waals surface area (Å²) < 4.78 is 0. The van der Waals surface area contributed by atoms with Crippen LogP contribution in [-0.4, -0.2) is 28.3 Å². The minimum Gasteiger partial charge on any atom is -0.480 e. The summed E-state index contributed by atoms with van der Waals surface area (Å²) in [6.45, 7) is 0. The van der Waals surface area contributed by atoms with E-state index in [-0.39, 0.29) is 6.04 Å². The van der Waals surface area contributed by atoms with Crippen molar-refractivity contribution in [3.63, 3.8) is 0 Å². The third-order valence-corrected chi connectivity index (χ3v) is 2.77. The van der Waals surface area contributed by atoms with Crippen LogP contribution in [0.25, 0.3) is 0 Å². The van der Waals surface area contributed by atoms with Gasteiger partial charge in [-0.25, -0.2) is 0 Å². The maximum atomic E-state index is 11.3. The van der Waals surface area contributed by atoms with Crippen LogP contribution in [0.1, 0.15) is 11.6 Å². The molecule has 0 heterocycles. The largest absolute Gasteiger partial charge is 0.480 e. The molecule has 18 heavy (non-hydrogen) atoms. The second kappa shape index (κ2) is 5.62. The van der Waals surface area contributed by atoms with Gasteiger partial charge in [0.25, 0.3) is 0 Å². The van der Waals surface area contributed by atoms with Gasteiger partial charge in [0.05, 0.1) is 6.10 Å². The average Bonchev–Trinajstić information content (AvgIpc) is 2.38. The maximum Gasteiger partial charge on any atom is 0.325 e. The fourth-order valence-electron chi connectivity index (χ4n) is 1.85. The highest BCUT2D eigenvalue weighted by atomic mass is 16.4. The number of carbonyl (C=O) groups is 1. The SMILES string of the molecule is O=C(O)C(NC1C=CC(O)C=C1)c1ccccc1. The van der Waals surface area contributed by atoms with E-state index in [1.807, 2.05) is 18.2 Å². The molecule has 0 aliphatic heterocycles. The van der Waals surface area contributed by atoms with E-state index in [9.17, 15) is 15.0 Å². The van der Waals surface area contributed by atoms with E-state index in [1.54, 1.807) is 36.4 Å². The molecule has 3 N–H and O–H groups in total. The average molecular weight is 245 g/mol. The molecule has 4 nitrogen and oxygen atoms in total. The minimum absolute atomic E-state index is 0.185. The lowest BCUT2D eigenvalue weighted by atomic mass is 10.0. The molecule has 1 aliphatic carbocycles. The van der Waals surface area contributed by atoms with Gasteiger partial charge >= 0.3 is 5.97 Å². The van der Waals surface area contributed by atoms with E-state index in [0.717, 1.165) is 0 Å². The number of aliphatic hydroxyl groups is 1. The monoisotopic (exact) mass is 245 g/mol. The number of carboxylic acids is 1. The zero-order valence-corrected chi connectivity index (χ0v) is 9.73. The van der Waals surface area contributed by atoms with Crippen molar-refractivity contribution < 1.29 is 15.0 Å². The second-order valence-corrected chi connectivity index (χ2v) is 4.13. The van der Waals surface area contributed by atoms with E-state index in [0.29, 0.717) is 5.56 Å². The fraction of sp³-hybridized carbons (Fsp3) is 0.214. The number of carboxylic acid groups (broad SMARTS) is 1. The first-order valence-electron chi connectivity index (χ1n) is 5.75. The van der Waals surface area contributed by atoms with Gasteiger partial charge in [0.15, 0.2) is 0 Å². The Morgan fingerprint density at radius 2 is 1.72 bits per heavy atom. The van der Waals surface area contributed by atoms with Gasteiger partial charge in [0.2, 0.25) is 0 Å². The number of aliphatic carboxylic acids is 1. The molecule has 1 unspecified atom stereocenters. The molecule has 0 amide bonds. The Balaban J connectivity index is 2.11. The summed E-state index contributed by atoms with van der Waals surface area (Å²) in [7, 11) is 0. The van der Waals surface area contributed by atoms with Gasteiger partial charge in [-0.2, -0.15) is 0 Å². The third-order valence-electron chi connectivity index (χ3n) is 2.77. The van der Waals surface area contributed by atoms with Gasteiger partial charge in [-0.05, 0) is 5.56 Å². The number of hydrogen-bond acceptors (Lipinski definition) is 3. The van der Waals surface area contributed by atoms with E-state index < -0.39 is 18.1 Å². The molecule has 2 rings (SSSR count). The molecular weight excluding hydrogens is 230 g/mol. The zero-order chi connectivity index (χ0) is 13.0. The van der Waals surface area contributed by atoms with Gasteiger partial charge < -0.3 is 10.2 Å². The van der Waals surface area contributed by atoms with Crippen LogP contribution in [0.15, 0.2) is 54.6 Å². The van der Waals surface area contributed by atoms with Crippen molar-refractivity contribution in [1.82, 2.24) is 5.32 Å². The Kier molecular flexibility index (Phi) is 3.92. The lowest BCUT2D eigenvalue weighted by Crippen LogP contribution is -2.36. The van der Waals surface area contributed by atoms with Crippen molar-refractivity contribution in [3.8, 4) is 0 Å². The first-order chi connectivity index (χ1) is 8.66. The van der Waals surface area contributed by atoms with E-state index in [1.165, 1.54) is 0 Å². The number of benzene rings is 1. The highest BCUT2D eigenvalue weighted by molar-refractivity contribution is 5.75. The summed E-state index contributed by atoms with van der Waals surface area (Å²) in [4.78, 5) is 11.3. The topological polar surface area (TPSA) is 69.6 Å². The van der Waals surface area contributed by atoms with Gasteiger partial charge in [-0.3, -0.25) is 10.1 Å². The minimum atomic E-state index is -0.922. The molecule has 0 bridgehead atoms. The van der Waals surface area contributed by atoms with E-state index in [2.05, 4.69) is 5.32 Å². The van der Waals surface area contributed by atoms with Crippen molar-refractivity contribution in [1.29, 1.82) is 0 Å². The predicted molar refractivity (Wildman–Crippen MR) is 68.0 cm³/mol. The van der Waals surface area contributed by atoms with Crippen molar-refractivity contribution in [2.75, 3.05) is 0 Å². The van der Waals surface area contributed by atoms with Crippen LogP contribution < -0.4 is 5.32 Å². The molecule has 0 fully saturated rings. The van der Waals surface area contributed by atoms with Crippen LogP contribution in [-0.2, 0) is 4.79 Å². The molecule has 0 spiro atoms.